The second-order valence-corrected chi connectivity index (χ2v) is 7.01. The summed E-state index contributed by atoms with van der Waals surface area (Å²) < 4.78 is 25.0. The molecule has 0 N–H and O–H groups in total. The summed E-state index contributed by atoms with van der Waals surface area (Å²) in [5.74, 6) is 0.189. The van der Waals surface area contributed by atoms with E-state index in [0.717, 1.165) is 0 Å². The first kappa shape index (κ1) is 14.0. The molecule has 0 aliphatic carbocycles. The average Bonchev–Trinajstić information content (AvgIpc) is 2.74. The van der Waals surface area contributed by atoms with Crippen LogP contribution in [-0.4, -0.2) is 29.8 Å². The number of hydrogen-bond acceptors (Lipinski definition) is 3. The number of Topliss-reactive ketones (excluding diaryl/α,β-unsaturated/α-hetero) is 1. The topological polar surface area (TPSA) is 56.1 Å². The highest BCUT2D eigenvalue weighted by Gasteiger charge is 2.15. The zero-order chi connectivity index (χ0) is 13.1. The molecule has 0 aliphatic rings. The zero-order valence-electron chi connectivity index (χ0n) is 10.5. The van der Waals surface area contributed by atoms with Crippen LogP contribution in [0.5, 0.6) is 0 Å². The Morgan fingerprint density at radius 1 is 1.41 bits per heavy atom. The summed E-state index contributed by atoms with van der Waals surface area (Å²) in [6.45, 7) is 5.56. The lowest BCUT2D eigenvalue weighted by Gasteiger charge is -2.07. The van der Waals surface area contributed by atoms with Crippen LogP contribution in [-0.2, 0) is 16.4 Å². The quantitative estimate of drug-likeness (QED) is 0.731. The molecule has 0 unspecified atom stereocenters. The monoisotopic (exact) mass is 257 g/mol. The first-order valence-electron chi connectivity index (χ1n) is 5.77. The molecule has 0 aromatic carbocycles. The van der Waals surface area contributed by atoms with E-state index in [1.807, 2.05) is 6.92 Å². The summed E-state index contributed by atoms with van der Waals surface area (Å²) in [7, 11) is -3.02. The Morgan fingerprint density at radius 3 is 2.59 bits per heavy atom. The van der Waals surface area contributed by atoms with E-state index in [0.29, 0.717) is 18.5 Å². The van der Waals surface area contributed by atoms with Gasteiger partial charge in [-0.05, 0) is 19.9 Å². The van der Waals surface area contributed by atoms with Gasteiger partial charge in [0.1, 0.15) is 0 Å². The summed E-state index contributed by atoms with van der Waals surface area (Å²) >= 11 is 0. The van der Waals surface area contributed by atoms with Crippen LogP contribution in [0.25, 0.3) is 0 Å². The molecule has 1 heterocycles. The smallest absolute Gasteiger partial charge is 0.164 e. The molecule has 0 fully saturated rings. The highest BCUT2D eigenvalue weighted by atomic mass is 32.2. The second-order valence-electron chi connectivity index (χ2n) is 4.33. The van der Waals surface area contributed by atoms with Crippen LogP contribution in [0.1, 0.15) is 37.6 Å². The van der Waals surface area contributed by atoms with Gasteiger partial charge >= 0.3 is 0 Å². The van der Waals surface area contributed by atoms with Gasteiger partial charge in [-0.25, -0.2) is 8.42 Å². The van der Waals surface area contributed by atoms with Gasteiger partial charge in [-0.15, -0.1) is 0 Å². The van der Waals surface area contributed by atoms with Gasteiger partial charge in [-0.2, -0.15) is 0 Å². The van der Waals surface area contributed by atoms with E-state index in [1.165, 1.54) is 0 Å². The number of aromatic nitrogens is 1. The van der Waals surface area contributed by atoms with Crippen LogP contribution in [0.3, 0.4) is 0 Å². The van der Waals surface area contributed by atoms with E-state index in [-0.39, 0.29) is 16.8 Å². The van der Waals surface area contributed by atoms with Crippen LogP contribution in [0.15, 0.2) is 18.5 Å². The Balaban J connectivity index is 2.65. The number of carbonyl (C=O) groups excluding carboxylic acids is 1. The summed E-state index contributed by atoms with van der Waals surface area (Å²) in [4.78, 5) is 11.4. The van der Waals surface area contributed by atoms with Crippen molar-refractivity contribution in [1.82, 2.24) is 4.57 Å². The van der Waals surface area contributed by atoms with Gasteiger partial charge in [-0.1, -0.05) is 6.92 Å². The van der Waals surface area contributed by atoms with Crippen LogP contribution in [0, 0.1) is 0 Å². The number of carbonyl (C=O) groups is 1. The average molecular weight is 257 g/mol. The molecule has 5 heteroatoms. The molecule has 0 amide bonds. The standard InChI is InChI=1S/C12H19NO3S/c1-4-12(14)11-5-6-13(9-11)7-8-17(15,16)10(2)3/h5-6,9-10H,4,7-8H2,1-3H3. The number of nitrogens with zero attached hydrogens (tertiary/aromatic N) is 1. The molecule has 1 rings (SSSR count). The van der Waals surface area contributed by atoms with Crippen LogP contribution < -0.4 is 0 Å². The normalized spacial score (nSPS) is 12.0. The Bertz CT molecular complexity index is 486. The van der Waals surface area contributed by atoms with Gasteiger partial charge in [0, 0.05) is 30.9 Å². The molecule has 0 saturated heterocycles. The third-order valence-electron chi connectivity index (χ3n) is 2.75. The predicted molar refractivity (Wildman–Crippen MR) is 68.0 cm³/mol. The van der Waals surface area contributed by atoms with Crippen molar-refractivity contribution in [2.45, 2.75) is 39.0 Å². The second kappa shape index (κ2) is 5.49. The Kier molecular flexibility index (Phi) is 4.51. The first-order valence-corrected chi connectivity index (χ1v) is 7.49. The molecule has 0 bridgehead atoms. The lowest BCUT2D eigenvalue weighted by Crippen LogP contribution is -2.20. The van der Waals surface area contributed by atoms with Crippen molar-refractivity contribution in [3.8, 4) is 0 Å². The lowest BCUT2D eigenvalue weighted by atomic mass is 10.2. The maximum atomic E-state index is 11.6. The van der Waals surface area contributed by atoms with E-state index in [4.69, 9.17) is 0 Å². The highest BCUT2D eigenvalue weighted by Crippen LogP contribution is 2.07. The lowest BCUT2D eigenvalue weighted by molar-refractivity contribution is 0.0988. The number of aryl methyl sites for hydroxylation is 1. The highest BCUT2D eigenvalue weighted by molar-refractivity contribution is 7.91. The molecular weight excluding hydrogens is 238 g/mol. The van der Waals surface area contributed by atoms with Crippen molar-refractivity contribution in [3.05, 3.63) is 24.0 Å². The molecule has 1 aromatic rings. The molecule has 0 radical (unpaired) electrons. The molecule has 96 valence electrons. The largest absolute Gasteiger partial charge is 0.352 e. The maximum Gasteiger partial charge on any atom is 0.164 e. The molecular formula is C12H19NO3S. The van der Waals surface area contributed by atoms with Crippen LogP contribution in [0.4, 0.5) is 0 Å². The molecule has 0 atom stereocenters. The first-order chi connectivity index (χ1) is 7.86. The molecule has 0 aliphatic heterocycles. The van der Waals surface area contributed by atoms with Gasteiger partial charge in [0.05, 0.1) is 11.0 Å². The Morgan fingerprint density at radius 2 is 2.06 bits per heavy atom. The third kappa shape index (κ3) is 3.70. The van der Waals surface area contributed by atoms with Gasteiger partial charge in [-0.3, -0.25) is 4.79 Å². The van der Waals surface area contributed by atoms with Crippen molar-refractivity contribution in [1.29, 1.82) is 0 Å². The van der Waals surface area contributed by atoms with Gasteiger partial charge in [0.2, 0.25) is 0 Å². The number of ketones is 1. The van der Waals surface area contributed by atoms with Gasteiger partial charge < -0.3 is 4.57 Å². The SMILES string of the molecule is CCC(=O)c1ccn(CCS(=O)(=O)C(C)C)c1. The van der Waals surface area contributed by atoms with Crippen molar-refractivity contribution in [2.24, 2.45) is 0 Å². The predicted octanol–water partition coefficient (Wildman–Crippen LogP) is 1.90. The Hall–Kier alpha value is -1.10. The molecule has 0 saturated carbocycles. The van der Waals surface area contributed by atoms with Crippen LogP contribution in [0.2, 0.25) is 0 Å². The zero-order valence-corrected chi connectivity index (χ0v) is 11.3. The molecule has 4 nitrogen and oxygen atoms in total. The van der Waals surface area contributed by atoms with Crippen molar-refractivity contribution in [3.63, 3.8) is 0 Å². The number of hydrogen-bond donors (Lipinski definition) is 0. The summed E-state index contributed by atoms with van der Waals surface area (Å²) in [6.07, 6.45) is 3.93. The van der Waals surface area contributed by atoms with Crippen molar-refractivity contribution in [2.75, 3.05) is 5.75 Å². The maximum absolute atomic E-state index is 11.6. The summed E-state index contributed by atoms with van der Waals surface area (Å²) in [5.41, 5.74) is 0.648. The van der Waals surface area contributed by atoms with E-state index in [1.54, 1.807) is 36.9 Å². The van der Waals surface area contributed by atoms with Gasteiger partial charge in [0.15, 0.2) is 15.6 Å². The number of sulfone groups is 1. The Labute approximate surface area is 103 Å². The number of rotatable bonds is 6. The van der Waals surface area contributed by atoms with E-state index < -0.39 is 9.84 Å². The fourth-order valence-corrected chi connectivity index (χ4v) is 2.35. The minimum Gasteiger partial charge on any atom is -0.352 e. The third-order valence-corrected chi connectivity index (χ3v) is 4.93. The van der Waals surface area contributed by atoms with Crippen molar-refractivity contribution >= 4 is 15.6 Å². The van der Waals surface area contributed by atoms with E-state index >= 15 is 0 Å². The van der Waals surface area contributed by atoms with Crippen LogP contribution >= 0.6 is 0 Å². The molecule has 17 heavy (non-hydrogen) atoms. The molecule has 1 aromatic heterocycles. The minimum absolute atomic E-state index is 0.0791. The minimum atomic E-state index is -3.02. The fraction of sp³-hybridized carbons (Fsp3) is 0.583. The fourth-order valence-electron chi connectivity index (χ4n) is 1.42. The summed E-state index contributed by atoms with van der Waals surface area (Å²) in [5, 5.41) is -0.352. The van der Waals surface area contributed by atoms with E-state index in [9.17, 15) is 13.2 Å². The van der Waals surface area contributed by atoms with Gasteiger partial charge in [0.25, 0.3) is 0 Å². The molecule has 0 spiro atoms. The van der Waals surface area contributed by atoms with Crippen molar-refractivity contribution < 1.29 is 13.2 Å². The van der Waals surface area contributed by atoms with E-state index in [2.05, 4.69) is 0 Å². The summed E-state index contributed by atoms with van der Waals surface area (Å²) in [6, 6.07) is 1.73.